The summed E-state index contributed by atoms with van der Waals surface area (Å²) in [5.74, 6) is 0. The number of nitrogens with one attached hydrogen (secondary N) is 1. The van der Waals surface area contributed by atoms with Crippen LogP contribution in [0.3, 0.4) is 0 Å². The van der Waals surface area contributed by atoms with E-state index in [-0.39, 0.29) is 5.52 Å². The summed E-state index contributed by atoms with van der Waals surface area (Å²) in [6.07, 6.45) is 0.412. The van der Waals surface area contributed by atoms with E-state index < -0.39 is 11.7 Å². The molecule has 0 bridgehead atoms. The molecular weight excluding hydrogens is 539 g/mol. The Morgan fingerprint density at radius 2 is 1.49 bits per heavy atom. The van der Waals surface area contributed by atoms with Crippen LogP contribution in [0, 0.1) is 0 Å². The summed E-state index contributed by atoms with van der Waals surface area (Å²) in [5, 5.41) is 3.97. The van der Waals surface area contributed by atoms with Gasteiger partial charge in [0.15, 0.2) is 0 Å². The van der Waals surface area contributed by atoms with E-state index in [1.807, 2.05) is 66.3 Å². The smallest absolute Gasteiger partial charge is 0.381 e. The number of anilines is 1. The van der Waals surface area contributed by atoms with Gasteiger partial charge in [0, 0.05) is 41.3 Å². The molecule has 0 saturated heterocycles. The zero-order valence-corrected chi connectivity index (χ0v) is 22.8. The number of nitrogens with zero attached hydrogens (tertiary/aromatic N) is 2. The average Bonchev–Trinajstić information content (AvgIpc) is 3.50. The maximum absolute atomic E-state index is 13.9. The van der Waals surface area contributed by atoms with Crippen molar-refractivity contribution in [1.29, 1.82) is 0 Å². The molecule has 0 saturated carbocycles. The normalized spacial score (nSPS) is 11.6. The maximum atomic E-state index is 13.9. The first-order valence-corrected chi connectivity index (χ1v) is 14.1. The van der Waals surface area contributed by atoms with Crippen LogP contribution >= 0.6 is 11.3 Å². The SMILES string of the molecule is FC(F)(F)c1cccc2c(-c3cccc(NCc4ccc(Cc5cncs5)cc4)c3)c(Cc3ccccc3)cnc12. The van der Waals surface area contributed by atoms with Crippen LogP contribution in [0.25, 0.3) is 22.0 Å². The molecule has 2 aromatic heterocycles. The Hall–Kier alpha value is -4.49. The Balaban J connectivity index is 1.32. The van der Waals surface area contributed by atoms with E-state index in [4.69, 9.17) is 0 Å². The number of para-hydroxylation sites is 1. The number of aromatic nitrogens is 2. The van der Waals surface area contributed by atoms with E-state index >= 15 is 0 Å². The molecule has 204 valence electrons. The Labute approximate surface area is 240 Å². The molecule has 0 aliphatic rings. The van der Waals surface area contributed by atoms with E-state index in [1.54, 1.807) is 23.6 Å². The van der Waals surface area contributed by atoms with Crippen molar-refractivity contribution in [3.8, 4) is 11.1 Å². The Kier molecular flexibility index (Phi) is 7.53. The summed E-state index contributed by atoms with van der Waals surface area (Å²) in [6.45, 7) is 0.622. The lowest BCUT2D eigenvalue weighted by atomic mass is 9.91. The molecule has 6 aromatic rings. The minimum absolute atomic E-state index is 0.0383. The largest absolute Gasteiger partial charge is 0.418 e. The molecule has 2 heterocycles. The maximum Gasteiger partial charge on any atom is 0.418 e. The molecule has 0 radical (unpaired) electrons. The molecule has 0 atom stereocenters. The standard InChI is InChI=1S/C34H26F3N3S/c35-34(36,37)31-11-5-10-30-32(27(20-40-33(30)31)16-23-6-2-1-3-7-23)26-8-4-9-28(18-26)39-19-25-14-12-24(13-15-25)17-29-21-38-22-41-29/h1-15,18,20-22,39H,16-17,19H2. The lowest BCUT2D eigenvalue weighted by Crippen LogP contribution is -2.07. The van der Waals surface area contributed by atoms with Gasteiger partial charge in [0.05, 0.1) is 16.6 Å². The first-order chi connectivity index (χ1) is 19.9. The predicted octanol–water partition coefficient (Wildman–Crippen LogP) is 9.17. The molecule has 0 fully saturated rings. The minimum atomic E-state index is -4.50. The number of hydrogen-bond acceptors (Lipinski definition) is 4. The average molecular weight is 566 g/mol. The molecular formula is C34H26F3N3S. The molecule has 6 rings (SSSR count). The zero-order valence-electron chi connectivity index (χ0n) is 22.0. The fourth-order valence-corrected chi connectivity index (χ4v) is 5.71. The minimum Gasteiger partial charge on any atom is -0.381 e. The van der Waals surface area contributed by atoms with Crippen LogP contribution in [-0.4, -0.2) is 9.97 Å². The van der Waals surface area contributed by atoms with Gasteiger partial charge in [0.1, 0.15) is 0 Å². The predicted molar refractivity (Wildman–Crippen MR) is 160 cm³/mol. The molecule has 7 heteroatoms. The molecule has 0 aliphatic heterocycles. The molecule has 0 spiro atoms. The van der Waals surface area contributed by atoms with Crippen molar-refractivity contribution in [1.82, 2.24) is 9.97 Å². The number of alkyl halides is 3. The van der Waals surface area contributed by atoms with Crippen LogP contribution in [-0.2, 0) is 25.6 Å². The van der Waals surface area contributed by atoms with Crippen molar-refractivity contribution in [2.45, 2.75) is 25.6 Å². The van der Waals surface area contributed by atoms with Crippen molar-refractivity contribution in [3.63, 3.8) is 0 Å². The second kappa shape index (κ2) is 11.6. The summed E-state index contributed by atoms with van der Waals surface area (Å²) in [7, 11) is 0. The second-order valence-corrected chi connectivity index (χ2v) is 10.9. The Bertz CT molecular complexity index is 1760. The van der Waals surface area contributed by atoms with Crippen molar-refractivity contribution in [2.75, 3.05) is 5.32 Å². The van der Waals surface area contributed by atoms with Gasteiger partial charge in [-0.25, -0.2) is 0 Å². The molecule has 0 aliphatic carbocycles. The van der Waals surface area contributed by atoms with Gasteiger partial charge in [-0.3, -0.25) is 9.97 Å². The Morgan fingerprint density at radius 1 is 0.732 bits per heavy atom. The highest BCUT2D eigenvalue weighted by Gasteiger charge is 2.33. The molecule has 41 heavy (non-hydrogen) atoms. The number of fused-ring (bicyclic) bond motifs is 1. The highest BCUT2D eigenvalue weighted by molar-refractivity contribution is 7.09. The van der Waals surface area contributed by atoms with Gasteiger partial charge >= 0.3 is 6.18 Å². The summed E-state index contributed by atoms with van der Waals surface area (Å²) in [5.41, 5.74) is 7.88. The summed E-state index contributed by atoms with van der Waals surface area (Å²) < 4.78 is 41.7. The first kappa shape index (κ1) is 26.7. The summed E-state index contributed by atoms with van der Waals surface area (Å²) >= 11 is 1.65. The van der Waals surface area contributed by atoms with E-state index in [0.717, 1.165) is 46.0 Å². The van der Waals surface area contributed by atoms with Crippen molar-refractivity contribution in [3.05, 3.63) is 148 Å². The monoisotopic (exact) mass is 565 g/mol. The molecule has 0 amide bonds. The van der Waals surface area contributed by atoms with Crippen LogP contribution < -0.4 is 5.32 Å². The van der Waals surface area contributed by atoms with Gasteiger partial charge in [-0.2, -0.15) is 13.2 Å². The van der Waals surface area contributed by atoms with Crippen LogP contribution in [0.5, 0.6) is 0 Å². The lowest BCUT2D eigenvalue weighted by Gasteiger charge is -2.17. The Morgan fingerprint density at radius 3 is 2.24 bits per heavy atom. The third kappa shape index (κ3) is 6.15. The van der Waals surface area contributed by atoms with Crippen LogP contribution in [0.2, 0.25) is 0 Å². The van der Waals surface area contributed by atoms with E-state index in [9.17, 15) is 13.2 Å². The topological polar surface area (TPSA) is 37.8 Å². The molecule has 1 N–H and O–H groups in total. The van der Waals surface area contributed by atoms with E-state index in [1.165, 1.54) is 16.5 Å². The van der Waals surface area contributed by atoms with Gasteiger partial charge in [0.25, 0.3) is 0 Å². The first-order valence-electron chi connectivity index (χ1n) is 13.3. The molecule has 4 aromatic carbocycles. The summed E-state index contributed by atoms with van der Waals surface area (Å²) in [6, 6.07) is 30.5. The fourth-order valence-electron chi connectivity index (χ4n) is 5.08. The van der Waals surface area contributed by atoms with Crippen molar-refractivity contribution < 1.29 is 13.2 Å². The quantitative estimate of drug-likeness (QED) is 0.200. The summed E-state index contributed by atoms with van der Waals surface area (Å²) in [4.78, 5) is 9.69. The van der Waals surface area contributed by atoms with Gasteiger partial charge in [-0.1, -0.05) is 78.9 Å². The van der Waals surface area contributed by atoms with Crippen LogP contribution in [0.15, 0.2) is 115 Å². The number of halogens is 3. The number of hydrogen-bond donors (Lipinski definition) is 1. The van der Waals surface area contributed by atoms with Crippen molar-refractivity contribution >= 4 is 27.9 Å². The third-order valence-corrected chi connectivity index (χ3v) is 7.83. The number of rotatable bonds is 8. The molecule has 0 unspecified atom stereocenters. The van der Waals surface area contributed by atoms with Crippen LogP contribution in [0.4, 0.5) is 18.9 Å². The fraction of sp³-hybridized carbons (Fsp3) is 0.118. The van der Waals surface area contributed by atoms with Crippen LogP contribution in [0.1, 0.15) is 32.7 Å². The number of thiazole rings is 1. The van der Waals surface area contributed by atoms with E-state index in [0.29, 0.717) is 18.4 Å². The molecule has 3 nitrogen and oxygen atoms in total. The van der Waals surface area contributed by atoms with Gasteiger partial charge in [-0.15, -0.1) is 11.3 Å². The highest BCUT2D eigenvalue weighted by atomic mass is 32.1. The van der Waals surface area contributed by atoms with E-state index in [2.05, 4.69) is 39.6 Å². The number of pyridine rings is 1. The lowest BCUT2D eigenvalue weighted by molar-refractivity contribution is -0.136. The second-order valence-electron chi connectivity index (χ2n) is 9.92. The van der Waals surface area contributed by atoms with Gasteiger partial charge in [-0.05, 0) is 58.0 Å². The van der Waals surface area contributed by atoms with Gasteiger partial charge < -0.3 is 5.32 Å². The highest BCUT2D eigenvalue weighted by Crippen LogP contribution is 2.39. The van der Waals surface area contributed by atoms with Crippen molar-refractivity contribution in [2.24, 2.45) is 0 Å². The zero-order chi connectivity index (χ0) is 28.2. The van der Waals surface area contributed by atoms with Gasteiger partial charge in [0.2, 0.25) is 0 Å². The number of benzene rings is 4. The third-order valence-electron chi connectivity index (χ3n) is 7.05.